The van der Waals surface area contributed by atoms with Crippen LogP contribution >= 0.6 is 0 Å². The molecule has 0 N–H and O–H groups in total. The molecule has 1 aromatic carbocycles. The normalized spacial score (nSPS) is 9.93. The first kappa shape index (κ1) is 10.7. The number of benzene rings is 1. The molecule has 0 saturated carbocycles. The third-order valence-electron chi connectivity index (χ3n) is 2.05. The van der Waals surface area contributed by atoms with E-state index in [2.05, 4.69) is 4.90 Å². The monoisotopic (exact) mass is 189 g/mol. The predicted molar refractivity (Wildman–Crippen MR) is 58.7 cm³/mol. The van der Waals surface area contributed by atoms with Gasteiger partial charge >= 0.3 is 0 Å². The lowest BCUT2D eigenvalue weighted by Crippen LogP contribution is -2.13. The quantitative estimate of drug-likeness (QED) is 0.674. The van der Waals surface area contributed by atoms with Crippen molar-refractivity contribution in [1.82, 2.24) is 4.90 Å². The molecule has 1 aromatic rings. The molecule has 0 unspecified atom stereocenters. The van der Waals surface area contributed by atoms with E-state index in [1.165, 1.54) is 0 Å². The van der Waals surface area contributed by atoms with Crippen molar-refractivity contribution in [1.29, 1.82) is 0 Å². The lowest BCUT2D eigenvalue weighted by Gasteiger charge is -2.09. The molecular formula is C12H15NO. The van der Waals surface area contributed by atoms with Gasteiger partial charge in [-0.05, 0) is 26.1 Å². The Morgan fingerprint density at radius 2 is 1.93 bits per heavy atom. The van der Waals surface area contributed by atoms with Crippen LogP contribution in [0.25, 0.3) is 5.57 Å². The molecule has 0 fully saturated rings. The fourth-order valence-corrected chi connectivity index (χ4v) is 1.23. The van der Waals surface area contributed by atoms with Crippen LogP contribution in [0.1, 0.15) is 12.0 Å². The molecule has 1 rings (SSSR count). The van der Waals surface area contributed by atoms with Crippen molar-refractivity contribution >= 4 is 11.5 Å². The van der Waals surface area contributed by atoms with E-state index in [-0.39, 0.29) is 0 Å². The van der Waals surface area contributed by atoms with Gasteiger partial charge in [-0.25, -0.2) is 4.79 Å². The first-order valence-corrected chi connectivity index (χ1v) is 4.68. The van der Waals surface area contributed by atoms with Gasteiger partial charge in [-0.3, -0.25) is 0 Å². The van der Waals surface area contributed by atoms with Crippen LogP contribution in [0.4, 0.5) is 0 Å². The molecule has 0 spiro atoms. The SMILES string of the molecule is CN(C)CCC(=C=O)c1ccccc1. The van der Waals surface area contributed by atoms with E-state index in [0.717, 1.165) is 24.1 Å². The highest BCUT2D eigenvalue weighted by Gasteiger charge is 2.02. The van der Waals surface area contributed by atoms with E-state index in [0.29, 0.717) is 0 Å². The minimum Gasteiger partial charge on any atom is -0.309 e. The van der Waals surface area contributed by atoms with Crippen LogP contribution in [0, 0.1) is 0 Å². The zero-order valence-electron chi connectivity index (χ0n) is 8.66. The second-order valence-electron chi connectivity index (χ2n) is 3.50. The summed E-state index contributed by atoms with van der Waals surface area (Å²) in [5, 5.41) is 0. The molecule has 14 heavy (non-hydrogen) atoms. The zero-order chi connectivity index (χ0) is 10.4. The average molecular weight is 189 g/mol. The van der Waals surface area contributed by atoms with Gasteiger partial charge < -0.3 is 4.90 Å². The molecule has 0 atom stereocenters. The molecule has 0 aliphatic heterocycles. The van der Waals surface area contributed by atoms with Gasteiger partial charge in [0.15, 0.2) is 0 Å². The van der Waals surface area contributed by atoms with Gasteiger partial charge in [0.05, 0.1) is 0 Å². The molecule has 0 heterocycles. The van der Waals surface area contributed by atoms with Crippen molar-refractivity contribution in [3.8, 4) is 0 Å². The molecular weight excluding hydrogens is 174 g/mol. The second-order valence-corrected chi connectivity index (χ2v) is 3.50. The highest BCUT2D eigenvalue weighted by Crippen LogP contribution is 2.14. The lowest BCUT2D eigenvalue weighted by molar-refractivity contribution is 0.419. The van der Waals surface area contributed by atoms with Crippen molar-refractivity contribution in [2.24, 2.45) is 0 Å². The first-order valence-electron chi connectivity index (χ1n) is 4.68. The van der Waals surface area contributed by atoms with Crippen molar-refractivity contribution in [2.45, 2.75) is 6.42 Å². The second kappa shape index (κ2) is 5.38. The van der Waals surface area contributed by atoms with Crippen LogP contribution < -0.4 is 0 Å². The number of hydrogen-bond acceptors (Lipinski definition) is 2. The lowest BCUT2D eigenvalue weighted by atomic mass is 10.0. The number of rotatable bonds is 4. The Hall–Kier alpha value is -1.37. The maximum atomic E-state index is 10.7. The van der Waals surface area contributed by atoms with Crippen LogP contribution in [-0.2, 0) is 4.79 Å². The van der Waals surface area contributed by atoms with Gasteiger partial charge in [-0.2, -0.15) is 0 Å². The van der Waals surface area contributed by atoms with Gasteiger partial charge in [0, 0.05) is 12.1 Å². The minimum absolute atomic E-state index is 0.749. The van der Waals surface area contributed by atoms with Crippen molar-refractivity contribution in [3.63, 3.8) is 0 Å². The Balaban J connectivity index is 2.70. The van der Waals surface area contributed by atoms with E-state index in [4.69, 9.17) is 0 Å². The van der Waals surface area contributed by atoms with E-state index >= 15 is 0 Å². The summed E-state index contributed by atoms with van der Waals surface area (Å²) in [6.07, 6.45) is 0.751. The Kier molecular flexibility index (Phi) is 4.11. The highest BCUT2D eigenvalue weighted by atomic mass is 16.1. The Bertz CT molecular complexity index is 323. The van der Waals surface area contributed by atoms with E-state index < -0.39 is 0 Å². The van der Waals surface area contributed by atoms with Gasteiger partial charge in [0.2, 0.25) is 0 Å². The van der Waals surface area contributed by atoms with Gasteiger partial charge in [-0.1, -0.05) is 30.3 Å². The fraction of sp³-hybridized carbons (Fsp3) is 0.333. The molecule has 0 aliphatic rings. The smallest absolute Gasteiger partial charge is 0.128 e. The highest BCUT2D eigenvalue weighted by molar-refractivity contribution is 5.87. The van der Waals surface area contributed by atoms with Gasteiger partial charge in [0.1, 0.15) is 5.94 Å². The molecule has 0 amide bonds. The number of hydrogen-bond donors (Lipinski definition) is 0. The standard InChI is InChI=1S/C12H15NO/c1-13(2)9-8-12(10-14)11-6-4-3-5-7-11/h3-7H,8-9H2,1-2H3. The van der Waals surface area contributed by atoms with E-state index in [1.54, 1.807) is 0 Å². The topological polar surface area (TPSA) is 20.3 Å². The largest absolute Gasteiger partial charge is 0.309 e. The van der Waals surface area contributed by atoms with Crippen LogP contribution in [-0.4, -0.2) is 31.5 Å². The summed E-state index contributed by atoms with van der Waals surface area (Å²) in [7, 11) is 3.99. The number of carbonyl (C=O) groups excluding carboxylic acids is 1. The minimum atomic E-state index is 0.749. The van der Waals surface area contributed by atoms with Gasteiger partial charge in [-0.15, -0.1) is 0 Å². The van der Waals surface area contributed by atoms with Gasteiger partial charge in [0.25, 0.3) is 0 Å². The number of nitrogens with zero attached hydrogens (tertiary/aromatic N) is 1. The molecule has 0 bridgehead atoms. The summed E-state index contributed by atoms with van der Waals surface area (Å²) in [5.74, 6) is 2.01. The summed E-state index contributed by atoms with van der Waals surface area (Å²) in [6.45, 7) is 0.874. The molecule has 2 nitrogen and oxygen atoms in total. The predicted octanol–water partition coefficient (Wildman–Crippen LogP) is 1.85. The third kappa shape index (κ3) is 3.17. The van der Waals surface area contributed by atoms with Crippen LogP contribution in [0.5, 0.6) is 0 Å². The molecule has 74 valence electrons. The van der Waals surface area contributed by atoms with Crippen LogP contribution in [0.2, 0.25) is 0 Å². The van der Waals surface area contributed by atoms with Crippen molar-refractivity contribution in [3.05, 3.63) is 35.9 Å². The Labute approximate surface area is 84.9 Å². The van der Waals surface area contributed by atoms with Crippen LogP contribution in [0.3, 0.4) is 0 Å². The van der Waals surface area contributed by atoms with Crippen molar-refractivity contribution in [2.75, 3.05) is 20.6 Å². The average Bonchev–Trinajstić information content (AvgIpc) is 2.20. The molecule has 0 aliphatic carbocycles. The summed E-state index contributed by atoms with van der Waals surface area (Å²) in [6, 6.07) is 9.69. The molecule has 2 heteroatoms. The van der Waals surface area contributed by atoms with E-state index in [1.807, 2.05) is 50.4 Å². The van der Waals surface area contributed by atoms with Crippen LogP contribution in [0.15, 0.2) is 30.3 Å². The first-order chi connectivity index (χ1) is 6.74. The Morgan fingerprint density at radius 3 is 2.43 bits per heavy atom. The zero-order valence-corrected chi connectivity index (χ0v) is 8.66. The maximum absolute atomic E-state index is 10.7. The summed E-state index contributed by atoms with van der Waals surface area (Å²) < 4.78 is 0. The summed E-state index contributed by atoms with van der Waals surface area (Å²) in [5.41, 5.74) is 1.73. The summed E-state index contributed by atoms with van der Waals surface area (Å²) in [4.78, 5) is 12.8. The fourth-order valence-electron chi connectivity index (χ4n) is 1.23. The van der Waals surface area contributed by atoms with E-state index in [9.17, 15) is 4.79 Å². The Morgan fingerprint density at radius 1 is 1.29 bits per heavy atom. The summed E-state index contributed by atoms with van der Waals surface area (Å²) >= 11 is 0. The maximum Gasteiger partial charge on any atom is 0.128 e. The molecule has 0 saturated heterocycles. The van der Waals surface area contributed by atoms with Crippen molar-refractivity contribution < 1.29 is 4.79 Å². The third-order valence-corrected chi connectivity index (χ3v) is 2.05. The molecule has 0 aromatic heterocycles. The molecule has 0 radical (unpaired) electrons.